The second-order valence-electron chi connectivity index (χ2n) is 5.65. The van der Waals surface area contributed by atoms with Gasteiger partial charge in [0, 0.05) is 24.3 Å². The zero-order chi connectivity index (χ0) is 15.1. The molecule has 4 rings (SSSR count). The summed E-state index contributed by atoms with van der Waals surface area (Å²) in [4.78, 5) is 4.90. The molecule has 0 spiro atoms. The third-order valence-electron chi connectivity index (χ3n) is 4.29. The van der Waals surface area contributed by atoms with Crippen LogP contribution in [0.4, 0.5) is 0 Å². The van der Waals surface area contributed by atoms with Gasteiger partial charge >= 0.3 is 0 Å². The summed E-state index contributed by atoms with van der Waals surface area (Å²) in [6.07, 6.45) is 0. The van der Waals surface area contributed by atoms with Crippen LogP contribution < -0.4 is 17.0 Å². The maximum Gasteiger partial charge on any atom is 0.237 e. The van der Waals surface area contributed by atoms with Gasteiger partial charge in [-0.25, -0.2) is 4.98 Å². The molecule has 0 N–H and O–H groups in total. The van der Waals surface area contributed by atoms with E-state index in [0.717, 1.165) is 27.8 Å². The topological polar surface area (TPSA) is 16.8 Å². The molecule has 1 aromatic heterocycles. The molecule has 0 fully saturated rings. The van der Waals surface area contributed by atoms with E-state index in [2.05, 4.69) is 73.0 Å². The maximum atomic E-state index is 4.90. The molecule has 0 aliphatic heterocycles. The van der Waals surface area contributed by atoms with Gasteiger partial charge in [0.2, 0.25) is 16.7 Å². The lowest BCUT2D eigenvalue weighted by atomic mass is 10.1. The van der Waals surface area contributed by atoms with Crippen molar-refractivity contribution in [2.24, 2.45) is 0 Å². The number of para-hydroxylation sites is 3. The zero-order valence-corrected chi connectivity index (χ0v) is 13.9. The molecule has 0 saturated carbocycles. The predicted octanol–water partition coefficient (Wildman–Crippen LogP) is 1.29. The number of rotatable bonds is 1. The number of aryl methyl sites for hydroxylation is 2. The van der Waals surface area contributed by atoms with E-state index in [4.69, 9.17) is 4.98 Å². The highest BCUT2D eigenvalue weighted by Crippen LogP contribution is 2.21. The Hall–Kier alpha value is -2.45. The second-order valence-corrected chi connectivity index (χ2v) is 5.65. The highest BCUT2D eigenvalue weighted by Gasteiger charge is 2.20. The van der Waals surface area contributed by atoms with Gasteiger partial charge in [-0.3, -0.25) is 0 Å². The van der Waals surface area contributed by atoms with Crippen LogP contribution in [0.1, 0.15) is 11.1 Å². The molecule has 0 radical (unpaired) electrons. The molecule has 2 nitrogen and oxygen atoms in total. The molecule has 0 unspecified atom stereocenters. The van der Waals surface area contributed by atoms with Gasteiger partial charge in [0.25, 0.3) is 0 Å². The van der Waals surface area contributed by atoms with Crippen LogP contribution in [0.2, 0.25) is 0 Å². The molecule has 0 amide bonds. The standard InChI is InChI=1S/C20H17N2.ClH/c1-14-12-13-19-20(15(14)2)21-17-10-6-7-11-18(17)22(19)16-8-4-3-5-9-16;/h3-13H,1-2H3;1H/q+1;/p-1. The number of benzene rings is 3. The van der Waals surface area contributed by atoms with Crippen molar-refractivity contribution >= 4 is 22.1 Å². The summed E-state index contributed by atoms with van der Waals surface area (Å²) in [5.41, 5.74) is 8.05. The Balaban J connectivity index is 0.00000156. The first-order valence-corrected chi connectivity index (χ1v) is 7.52. The fourth-order valence-corrected chi connectivity index (χ4v) is 2.96. The lowest BCUT2D eigenvalue weighted by Crippen LogP contribution is -3.00. The van der Waals surface area contributed by atoms with Gasteiger partial charge in [-0.2, -0.15) is 0 Å². The number of halogens is 1. The van der Waals surface area contributed by atoms with Crippen molar-refractivity contribution in [3.8, 4) is 5.69 Å². The van der Waals surface area contributed by atoms with Gasteiger partial charge < -0.3 is 12.4 Å². The number of hydrogen-bond acceptors (Lipinski definition) is 1. The van der Waals surface area contributed by atoms with E-state index in [1.165, 1.54) is 11.1 Å². The molecular weight excluding hydrogens is 304 g/mol. The Labute approximate surface area is 141 Å². The van der Waals surface area contributed by atoms with Crippen molar-refractivity contribution < 1.29 is 17.0 Å². The van der Waals surface area contributed by atoms with Crippen molar-refractivity contribution in [2.45, 2.75) is 13.8 Å². The molecule has 114 valence electrons. The van der Waals surface area contributed by atoms with Gasteiger partial charge in [0.1, 0.15) is 11.0 Å². The van der Waals surface area contributed by atoms with E-state index in [-0.39, 0.29) is 12.4 Å². The summed E-state index contributed by atoms with van der Waals surface area (Å²) in [5.74, 6) is 0. The summed E-state index contributed by atoms with van der Waals surface area (Å²) in [6, 6.07) is 23.1. The molecule has 3 aromatic carbocycles. The van der Waals surface area contributed by atoms with Crippen LogP contribution in [0.25, 0.3) is 27.8 Å². The van der Waals surface area contributed by atoms with Crippen LogP contribution in [-0.2, 0) is 0 Å². The average Bonchev–Trinajstić information content (AvgIpc) is 2.57. The highest BCUT2D eigenvalue weighted by atomic mass is 35.5. The molecule has 4 aromatic rings. The minimum Gasteiger partial charge on any atom is -1.00 e. The van der Waals surface area contributed by atoms with Gasteiger partial charge in [-0.15, -0.1) is 4.57 Å². The maximum absolute atomic E-state index is 4.90. The molecule has 1 heterocycles. The lowest BCUT2D eigenvalue weighted by Gasteiger charge is -2.08. The molecular formula is C20H17ClN2. The Kier molecular flexibility index (Phi) is 4.01. The SMILES string of the molecule is Cc1ccc2c(nc3ccccc3[n+]2-c2ccccc2)c1C.[Cl-]. The van der Waals surface area contributed by atoms with Crippen molar-refractivity contribution in [3.63, 3.8) is 0 Å². The van der Waals surface area contributed by atoms with E-state index in [1.54, 1.807) is 0 Å². The Morgan fingerprint density at radius 3 is 2.22 bits per heavy atom. The molecule has 0 aliphatic rings. The van der Waals surface area contributed by atoms with Crippen molar-refractivity contribution in [3.05, 3.63) is 77.9 Å². The van der Waals surface area contributed by atoms with E-state index in [0.29, 0.717) is 0 Å². The number of fused-ring (bicyclic) bond motifs is 2. The number of nitrogens with zero attached hydrogens (tertiary/aromatic N) is 2. The third kappa shape index (κ3) is 2.45. The summed E-state index contributed by atoms with van der Waals surface area (Å²) >= 11 is 0. The highest BCUT2D eigenvalue weighted by molar-refractivity contribution is 5.84. The van der Waals surface area contributed by atoms with Gasteiger partial charge in [-0.05, 0) is 31.0 Å². The Morgan fingerprint density at radius 1 is 0.739 bits per heavy atom. The number of aromatic nitrogens is 2. The minimum atomic E-state index is 0. The summed E-state index contributed by atoms with van der Waals surface area (Å²) in [5, 5.41) is 0. The first kappa shape index (κ1) is 15.4. The molecule has 23 heavy (non-hydrogen) atoms. The molecule has 0 saturated heterocycles. The monoisotopic (exact) mass is 320 g/mol. The van der Waals surface area contributed by atoms with Crippen LogP contribution >= 0.6 is 0 Å². The molecule has 0 bridgehead atoms. The number of hydrogen-bond donors (Lipinski definition) is 0. The minimum absolute atomic E-state index is 0. The van der Waals surface area contributed by atoms with Crippen LogP contribution in [0, 0.1) is 13.8 Å². The van der Waals surface area contributed by atoms with E-state index in [9.17, 15) is 0 Å². The summed E-state index contributed by atoms with van der Waals surface area (Å²) < 4.78 is 2.30. The lowest BCUT2D eigenvalue weighted by molar-refractivity contribution is -0.538. The van der Waals surface area contributed by atoms with Crippen LogP contribution in [0.5, 0.6) is 0 Å². The van der Waals surface area contributed by atoms with E-state index < -0.39 is 0 Å². The zero-order valence-electron chi connectivity index (χ0n) is 13.1. The normalized spacial score (nSPS) is 10.7. The van der Waals surface area contributed by atoms with Crippen LogP contribution in [0.3, 0.4) is 0 Å². The quantitative estimate of drug-likeness (QED) is 0.381. The summed E-state index contributed by atoms with van der Waals surface area (Å²) in [7, 11) is 0. The van der Waals surface area contributed by atoms with E-state index >= 15 is 0 Å². The third-order valence-corrected chi connectivity index (χ3v) is 4.29. The molecule has 3 heteroatoms. The average molecular weight is 321 g/mol. The van der Waals surface area contributed by atoms with Crippen LogP contribution in [-0.4, -0.2) is 4.98 Å². The van der Waals surface area contributed by atoms with Crippen molar-refractivity contribution in [1.29, 1.82) is 0 Å². The Bertz CT molecular complexity index is 994. The first-order chi connectivity index (χ1) is 10.8. The van der Waals surface area contributed by atoms with Crippen molar-refractivity contribution in [1.82, 2.24) is 4.98 Å². The fourth-order valence-electron chi connectivity index (χ4n) is 2.96. The van der Waals surface area contributed by atoms with E-state index in [1.807, 2.05) is 12.1 Å². The van der Waals surface area contributed by atoms with Gasteiger partial charge in [-0.1, -0.05) is 36.4 Å². The smallest absolute Gasteiger partial charge is 0.237 e. The Morgan fingerprint density at radius 2 is 1.43 bits per heavy atom. The van der Waals surface area contributed by atoms with Gasteiger partial charge in [0.15, 0.2) is 0 Å². The second kappa shape index (κ2) is 5.98. The van der Waals surface area contributed by atoms with Crippen LogP contribution in [0.15, 0.2) is 66.7 Å². The largest absolute Gasteiger partial charge is 1.00 e. The first-order valence-electron chi connectivity index (χ1n) is 7.52. The van der Waals surface area contributed by atoms with Gasteiger partial charge in [0.05, 0.1) is 0 Å². The molecule has 0 aliphatic carbocycles. The van der Waals surface area contributed by atoms with Crippen molar-refractivity contribution in [2.75, 3.05) is 0 Å². The molecule has 0 atom stereocenters. The fraction of sp³-hybridized carbons (Fsp3) is 0.100. The summed E-state index contributed by atoms with van der Waals surface area (Å²) in [6.45, 7) is 4.28. The predicted molar refractivity (Wildman–Crippen MR) is 90.3 cm³/mol.